The second-order valence-electron chi connectivity index (χ2n) is 5.42. The molecule has 3 aromatic rings. The summed E-state index contributed by atoms with van der Waals surface area (Å²) >= 11 is 3.53. The van der Waals surface area contributed by atoms with Crippen LogP contribution in [-0.2, 0) is 0 Å². The van der Waals surface area contributed by atoms with Crippen LogP contribution >= 0.6 is 15.9 Å². The van der Waals surface area contributed by atoms with Crippen molar-refractivity contribution in [3.05, 3.63) is 63.8 Å². The van der Waals surface area contributed by atoms with Gasteiger partial charge in [0, 0.05) is 21.1 Å². The van der Waals surface area contributed by atoms with E-state index >= 15 is 0 Å². The van der Waals surface area contributed by atoms with E-state index in [2.05, 4.69) is 66.3 Å². The Morgan fingerprint density at radius 3 is 2.57 bits per heavy atom. The van der Waals surface area contributed by atoms with Crippen LogP contribution in [0.1, 0.15) is 29.9 Å². The number of hydrogen-bond donors (Lipinski definition) is 1. The minimum absolute atomic E-state index is 0.123. The van der Waals surface area contributed by atoms with Gasteiger partial charge < -0.3 is 9.73 Å². The van der Waals surface area contributed by atoms with Gasteiger partial charge in [0.05, 0.1) is 6.04 Å². The van der Waals surface area contributed by atoms with Gasteiger partial charge in [-0.25, -0.2) is 0 Å². The minimum atomic E-state index is 0.123. The molecule has 0 aliphatic carbocycles. The quantitative estimate of drug-likeness (QED) is 0.632. The van der Waals surface area contributed by atoms with E-state index in [0.29, 0.717) is 0 Å². The lowest BCUT2D eigenvalue weighted by Crippen LogP contribution is -2.06. The number of furan rings is 1. The first-order chi connectivity index (χ1) is 10.1. The third kappa shape index (κ3) is 2.70. The molecule has 0 amide bonds. The molecule has 1 atom stereocenters. The third-order valence-corrected chi connectivity index (χ3v) is 4.70. The molecule has 0 spiro atoms. The molecule has 1 aromatic heterocycles. The molecule has 3 rings (SSSR count). The van der Waals surface area contributed by atoms with E-state index in [1.807, 2.05) is 18.2 Å². The summed E-state index contributed by atoms with van der Waals surface area (Å²) in [5.74, 6) is 0.997. The molecule has 0 fully saturated rings. The summed E-state index contributed by atoms with van der Waals surface area (Å²) in [6, 6.07) is 14.6. The summed E-state index contributed by atoms with van der Waals surface area (Å²) < 4.78 is 7.14. The number of hydrogen-bond acceptors (Lipinski definition) is 2. The number of fused-ring (bicyclic) bond motifs is 1. The molecule has 1 heterocycles. The van der Waals surface area contributed by atoms with Gasteiger partial charge in [-0.15, -0.1) is 0 Å². The predicted octanol–water partition coefficient (Wildman–Crippen LogP) is 5.99. The summed E-state index contributed by atoms with van der Waals surface area (Å²) in [5, 5.41) is 4.70. The largest absolute Gasteiger partial charge is 0.459 e. The van der Waals surface area contributed by atoms with E-state index in [4.69, 9.17) is 4.42 Å². The Bertz CT molecular complexity index is 791. The zero-order valence-electron chi connectivity index (χ0n) is 12.4. The molecule has 0 aliphatic heterocycles. The van der Waals surface area contributed by atoms with Crippen molar-refractivity contribution in [2.45, 2.75) is 26.8 Å². The molecular formula is C18H18BrNO. The SMILES string of the molecule is Cc1cc(NC(C)c2oc3ccccc3c2C)ccc1Br. The number of para-hydroxylation sites is 1. The van der Waals surface area contributed by atoms with E-state index < -0.39 is 0 Å². The van der Waals surface area contributed by atoms with E-state index in [0.717, 1.165) is 21.5 Å². The monoisotopic (exact) mass is 343 g/mol. The summed E-state index contributed by atoms with van der Waals surface area (Å²) in [4.78, 5) is 0. The molecule has 1 unspecified atom stereocenters. The van der Waals surface area contributed by atoms with Crippen molar-refractivity contribution in [1.29, 1.82) is 0 Å². The lowest BCUT2D eigenvalue weighted by Gasteiger charge is -2.15. The van der Waals surface area contributed by atoms with Crippen LogP contribution in [0.15, 0.2) is 51.4 Å². The highest BCUT2D eigenvalue weighted by molar-refractivity contribution is 9.10. The summed E-state index contributed by atoms with van der Waals surface area (Å²) in [6.45, 7) is 6.33. The van der Waals surface area contributed by atoms with Crippen LogP contribution in [0.5, 0.6) is 0 Å². The molecule has 0 radical (unpaired) electrons. The first kappa shape index (κ1) is 14.2. The first-order valence-electron chi connectivity index (χ1n) is 7.07. The van der Waals surface area contributed by atoms with Crippen molar-refractivity contribution < 1.29 is 4.42 Å². The molecule has 3 heteroatoms. The van der Waals surface area contributed by atoms with Crippen LogP contribution in [-0.4, -0.2) is 0 Å². The van der Waals surface area contributed by atoms with Gasteiger partial charge in [0.15, 0.2) is 0 Å². The Morgan fingerprint density at radius 2 is 1.86 bits per heavy atom. The Balaban J connectivity index is 1.91. The maximum Gasteiger partial charge on any atom is 0.134 e. The minimum Gasteiger partial charge on any atom is -0.459 e. The summed E-state index contributed by atoms with van der Waals surface area (Å²) in [5.41, 5.74) is 4.47. The summed E-state index contributed by atoms with van der Waals surface area (Å²) in [6.07, 6.45) is 0. The zero-order valence-corrected chi connectivity index (χ0v) is 14.0. The fraction of sp³-hybridized carbons (Fsp3) is 0.222. The second-order valence-corrected chi connectivity index (χ2v) is 6.27. The number of halogens is 1. The van der Waals surface area contributed by atoms with E-state index in [1.165, 1.54) is 16.5 Å². The van der Waals surface area contributed by atoms with Gasteiger partial charge in [0.2, 0.25) is 0 Å². The van der Waals surface area contributed by atoms with Gasteiger partial charge in [-0.3, -0.25) is 0 Å². The van der Waals surface area contributed by atoms with Gasteiger partial charge in [-0.1, -0.05) is 34.1 Å². The third-order valence-electron chi connectivity index (χ3n) is 3.81. The standard InChI is InChI=1S/C18H18BrNO/c1-11-10-14(8-9-16(11)19)20-13(3)18-12(2)15-6-4-5-7-17(15)21-18/h4-10,13,20H,1-3H3. The predicted molar refractivity (Wildman–Crippen MR) is 91.9 cm³/mol. The molecular weight excluding hydrogens is 326 g/mol. The van der Waals surface area contributed by atoms with Crippen LogP contribution in [0.2, 0.25) is 0 Å². The molecule has 2 aromatic carbocycles. The highest BCUT2D eigenvalue weighted by Crippen LogP contribution is 2.31. The zero-order chi connectivity index (χ0) is 15.0. The van der Waals surface area contributed by atoms with Crippen LogP contribution in [0, 0.1) is 13.8 Å². The van der Waals surface area contributed by atoms with Crippen molar-refractivity contribution in [2.24, 2.45) is 0 Å². The maximum atomic E-state index is 6.02. The lowest BCUT2D eigenvalue weighted by molar-refractivity contribution is 0.522. The number of anilines is 1. The molecule has 0 saturated heterocycles. The second kappa shape index (κ2) is 5.57. The fourth-order valence-electron chi connectivity index (χ4n) is 2.66. The molecule has 0 saturated carbocycles. The highest BCUT2D eigenvalue weighted by atomic mass is 79.9. The van der Waals surface area contributed by atoms with Crippen molar-refractivity contribution in [3.63, 3.8) is 0 Å². The molecule has 0 bridgehead atoms. The average molecular weight is 344 g/mol. The fourth-order valence-corrected chi connectivity index (χ4v) is 2.90. The van der Waals surface area contributed by atoms with E-state index in [9.17, 15) is 0 Å². The van der Waals surface area contributed by atoms with Crippen LogP contribution < -0.4 is 5.32 Å². The molecule has 1 N–H and O–H groups in total. The van der Waals surface area contributed by atoms with Gasteiger partial charge in [-0.05, 0) is 50.6 Å². The van der Waals surface area contributed by atoms with Crippen LogP contribution in [0.25, 0.3) is 11.0 Å². The summed E-state index contributed by atoms with van der Waals surface area (Å²) in [7, 11) is 0. The van der Waals surface area contributed by atoms with Crippen LogP contribution in [0.4, 0.5) is 5.69 Å². The van der Waals surface area contributed by atoms with E-state index in [1.54, 1.807) is 0 Å². The molecule has 108 valence electrons. The van der Waals surface area contributed by atoms with Crippen molar-refractivity contribution >= 4 is 32.6 Å². The molecule has 2 nitrogen and oxygen atoms in total. The Kier molecular flexibility index (Phi) is 3.77. The lowest BCUT2D eigenvalue weighted by atomic mass is 10.1. The number of rotatable bonds is 3. The smallest absolute Gasteiger partial charge is 0.134 e. The van der Waals surface area contributed by atoms with E-state index in [-0.39, 0.29) is 6.04 Å². The number of benzene rings is 2. The maximum absolute atomic E-state index is 6.02. The normalized spacial score (nSPS) is 12.6. The average Bonchev–Trinajstić information content (AvgIpc) is 2.81. The molecule has 0 aliphatic rings. The van der Waals surface area contributed by atoms with Gasteiger partial charge >= 0.3 is 0 Å². The highest BCUT2D eigenvalue weighted by Gasteiger charge is 2.16. The Morgan fingerprint density at radius 1 is 1.10 bits per heavy atom. The van der Waals surface area contributed by atoms with Crippen molar-refractivity contribution in [2.75, 3.05) is 5.32 Å². The number of aryl methyl sites for hydroxylation is 2. The number of nitrogens with one attached hydrogen (secondary N) is 1. The van der Waals surface area contributed by atoms with Gasteiger partial charge in [0.25, 0.3) is 0 Å². The molecule has 21 heavy (non-hydrogen) atoms. The topological polar surface area (TPSA) is 25.2 Å². The van der Waals surface area contributed by atoms with Gasteiger partial charge in [0.1, 0.15) is 11.3 Å². The van der Waals surface area contributed by atoms with Gasteiger partial charge in [-0.2, -0.15) is 0 Å². The van der Waals surface area contributed by atoms with Crippen LogP contribution in [0.3, 0.4) is 0 Å². The first-order valence-corrected chi connectivity index (χ1v) is 7.86. The Hall–Kier alpha value is -1.74. The van der Waals surface area contributed by atoms with Crippen molar-refractivity contribution in [1.82, 2.24) is 0 Å². The Labute approximate surface area is 133 Å². The van der Waals surface area contributed by atoms with Crippen molar-refractivity contribution in [3.8, 4) is 0 Å².